The zero-order valence-electron chi connectivity index (χ0n) is 11.8. The molecule has 0 radical (unpaired) electrons. The van der Waals surface area contributed by atoms with Gasteiger partial charge >= 0.3 is 0 Å². The average molecular weight is 285 g/mol. The fourth-order valence-corrected chi connectivity index (χ4v) is 3.05. The Kier molecular flexibility index (Phi) is 3.43. The smallest absolute Gasteiger partial charge is 0.150 e. The van der Waals surface area contributed by atoms with Crippen molar-refractivity contribution in [3.8, 4) is 6.07 Å². The van der Waals surface area contributed by atoms with Gasteiger partial charge in [0.1, 0.15) is 28.6 Å². The Morgan fingerprint density at radius 2 is 2.05 bits per heavy atom. The van der Waals surface area contributed by atoms with E-state index in [1.54, 1.807) is 0 Å². The van der Waals surface area contributed by atoms with Crippen LogP contribution in [0.3, 0.4) is 0 Å². The van der Waals surface area contributed by atoms with Crippen LogP contribution in [-0.4, -0.2) is 29.1 Å². The van der Waals surface area contributed by atoms with Crippen molar-refractivity contribution in [3.63, 3.8) is 0 Å². The molecule has 3 rings (SSSR count). The first-order valence-electron chi connectivity index (χ1n) is 6.94. The number of benzene rings is 1. The number of nitrogens with two attached hydrogens (primary N) is 1. The van der Waals surface area contributed by atoms with E-state index in [-0.39, 0.29) is 11.6 Å². The number of aromatic nitrogens is 2. The maximum Gasteiger partial charge on any atom is 0.150 e. The molecular formula is C15H16FN5. The van der Waals surface area contributed by atoms with Crippen LogP contribution >= 0.6 is 0 Å². The van der Waals surface area contributed by atoms with E-state index in [2.05, 4.69) is 16.9 Å². The van der Waals surface area contributed by atoms with Gasteiger partial charge in [0, 0.05) is 31.5 Å². The second-order valence-electron chi connectivity index (χ2n) is 5.63. The predicted molar refractivity (Wildman–Crippen MR) is 78.2 cm³/mol. The molecule has 5 nitrogen and oxygen atoms in total. The fraction of sp³-hybridized carbons (Fsp3) is 0.400. The first kappa shape index (κ1) is 13.7. The van der Waals surface area contributed by atoms with Crippen molar-refractivity contribution in [2.45, 2.75) is 19.4 Å². The Morgan fingerprint density at radius 1 is 1.33 bits per heavy atom. The van der Waals surface area contributed by atoms with Gasteiger partial charge in [-0.25, -0.2) is 4.39 Å². The van der Waals surface area contributed by atoms with E-state index < -0.39 is 5.82 Å². The summed E-state index contributed by atoms with van der Waals surface area (Å²) in [7, 11) is 0. The molecule has 1 aliphatic heterocycles. The number of fused-ring (bicyclic) bond motifs is 1. The molecule has 2 atom stereocenters. The Labute approximate surface area is 122 Å². The highest BCUT2D eigenvalue weighted by Gasteiger charge is 2.27. The van der Waals surface area contributed by atoms with Gasteiger partial charge in [0.2, 0.25) is 0 Å². The molecule has 2 unspecified atom stereocenters. The second kappa shape index (κ2) is 5.26. The van der Waals surface area contributed by atoms with Gasteiger partial charge < -0.3 is 10.6 Å². The highest BCUT2D eigenvalue weighted by molar-refractivity contribution is 5.92. The fourth-order valence-electron chi connectivity index (χ4n) is 3.05. The van der Waals surface area contributed by atoms with E-state index in [0.717, 1.165) is 13.0 Å². The minimum Gasteiger partial charge on any atom is -0.366 e. The topological polar surface area (TPSA) is 78.8 Å². The van der Waals surface area contributed by atoms with E-state index in [4.69, 9.17) is 11.0 Å². The third-order valence-electron chi connectivity index (χ3n) is 3.80. The molecule has 2 aromatic rings. The number of hydrogen-bond acceptors (Lipinski definition) is 5. The minimum absolute atomic E-state index is 0.00974. The third-order valence-corrected chi connectivity index (χ3v) is 3.80. The van der Waals surface area contributed by atoms with Gasteiger partial charge in [0.15, 0.2) is 0 Å². The van der Waals surface area contributed by atoms with Crippen LogP contribution in [0.4, 0.5) is 10.1 Å². The Morgan fingerprint density at radius 3 is 2.71 bits per heavy atom. The molecule has 0 bridgehead atoms. The van der Waals surface area contributed by atoms with Crippen molar-refractivity contribution in [2.24, 2.45) is 11.7 Å². The van der Waals surface area contributed by atoms with Gasteiger partial charge in [0.05, 0.1) is 5.56 Å². The zero-order chi connectivity index (χ0) is 15.0. The van der Waals surface area contributed by atoms with Gasteiger partial charge in [-0.05, 0) is 18.4 Å². The molecule has 1 aliphatic rings. The normalized spacial score (nSPS) is 22.3. The van der Waals surface area contributed by atoms with Gasteiger partial charge in [-0.1, -0.05) is 6.92 Å². The molecule has 0 aliphatic carbocycles. The van der Waals surface area contributed by atoms with Crippen LogP contribution in [0.2, 0.25) is 0 Å². The van der Waals surface area contributed by atoms with Gasteiger partial charge in [-0.15, -0.1) is 0 Å². The Hall–Kier alpha value is -2.26. The number of nitriles is 1. The number of rotatable bonds is 1. The summed E-state index contributed by atoms with van der Waals surface area (Å²) >= 11 is 0. The molecule has 2 heterocycles. The summed E-state index contributed by atoms with van der Waals surface area (Å²) in [6.45, 7) is 3.41. The molecule has 0 spiro atoms. The molecule has 0 amide bonds. The number of piperidine rings is 1. The van der Waals surface area contributed by atoms with E-state index in [1.165, 1.54) is 18.5 Å². The molecule has 1 aromatic carbocycles. The van der Waals surface area contributed by atoms with Crippen molar-refractivity contribution in [1.82, 2.24) is 9.97 Å². The summed E-state index contributed by atoms with van der Waals surface area (Å²) in [5.41, 5.74) is 7.51. The summed E-state index contributed by atoms with van der Waals surface area (Å²) in [6, 6.07) is 3.22. The maximum atomic E-state index is 14.5. The lowest BCUT2D eigenvalue weighted by atomic mass is 9.95. The SMILES string of the molecule is CC1CC(N)CN(c2c(F)cc(C#N)c3nccnc23)C1. The second-order valence-corrected chi connectivity index (χ2v) is 5.63. The average Bonchev–Trinajstić information content (AvgIpc) is 2.45. The summed E-state index contributed by atoms with van der Waals surface area (Å²) in [5.74, 6) is -0.0589. The zero-order valence-corrected chi connectivity index (χ0v) is 11.8. The minimum atomic E-state index is -0.444. The van der Waals surface area contributed by atoms with Crippen molar-refractivity contribution >= 4 is 16.7 Å². The van der Waals surface area contributed by atoms with Crippen molar-refractivity contribution in [3.05, 3.63) is 29.8 Å². The van der Waals surface area contributed by atoms with Crippen molar-refractivity contribution < 1.29 is 4.39 Å². The number of anilines is 1. The lowest BCUT2D eigenvalue weighted by Crippen LogP contribution is -2.46. The maximum absolute atomic E-state index is 14.5. The molecular weight excluding hydrogens is 269 g/mol. The predicted octanol–water partition coefficient (Wildman–Crippen LogP) is 1.81. The number of hydrogen-bond donors (Lipinski definition) is 1. The standard InChI is InChI=1S/C15H16FN5/c1-9-4-11(18)8-21(7-9)15-12(16)5-10(6-17)13-14(15)20-3-2-19-13/h2-3,5,9,11H,4,7-8,18H2,1H3. The lowest BCUT2D eigenvalue weighted by molar-refractivity contribution is 0.399. The van der Waals surface area contributed by atoms with E-state index in [0.29, 0.717) is 29.2 Å². The van der Waals surface area contributed by atoms with E-state index in [9.17, 15) is 4.39 Å². The summed E-state index contributed by atoms with van der Waals surface area (Å²) in [6.07, 6.45) is 3.95. The highest BCUT2D eigenvalue weighted by Crippen LogP contribution is 2.32. The van der Waals surface area contributed by atoms with Crippen LogP contribution in [0, 0.1) is 23.1 Å². The molecule has 2 N–H and O–H groups in total. The molecule has 0 saturated carbocycles. The van der Waals surface area contributed by atoms with Crippen molar-refractivity contribution in [1.29, 1.82) is 5.26 Å². The molecule has 21 heavy (non-hydrogen) atoms. The van der Waals surface area contributed by atoms with Gasteiger partial charge in [-0.2, -0.15) is 5.26 Å². The summed E-state index contributed by atoms with van der Waals surface area (Å²) in [5, 5.41) is 9.13. The molecule has 108 valence electrons. The third kappa shape index (κ3) is 2.41. The first-order valence-corrected chi connectivity index (χ1v) is 6.94. The van der Waals surface area contributed by atoms with Crippen LogP contribution in [0.5, 0.6) is 0 Å². The monoisotopic (exact) mass is 285 g/mol. The van der Waals surface area contributed by atoms with Crippen LogP contribution in [0.1, 0.15) is 18.9 Å². The molecule has 1 fully saturated rings. The Bertz CT molecular complexity index is 714. The van der Waals surface area contributed by atoms with Crippen LogP contribution < -0.4 is 10.6 Å². The van der Waals surface area contributed by atoms with E-state index >= 15 is 0 Å². The highest BCUT2D eigenvalue weighted by atomic mass is 19.1. The van der Waals surface area contributed by atoms with Crippen LogP contribution in [-0.2, 0) is 0 Å². The Balaban J connectivity index is 2.19. The van der Waals surface area contributed by atoms with Crippen LogP contribution in [0.25, 0.3) is 11.0 Å². The summed E-state index contributed by atoms with van der Waals surface area (Å²) in [4.78, 5) is 10.3. The lowest BCUT2D eigenvalue weighted by Gasteiger charge is -2.36. The largest absolute Gasteiger partial charge is 0.366 e. The van der Waals surface area contributed by atoms with Crippen molar-refractivity contribution in [2.75, 3.05) is 18.0 Å². The van der Waals surface area contributed by atoms with E-state index in [1.807, 2.05) is 11.0 Å². The molecule has 6 heteroatoms. The van der Waals surface area contributed by atoms with Crippen LogP contribution in [0.15, 0.2) is 18.5 Å². The first-order chi connectivity index (χ1) is 10.1. The quantitative estimate of drug-likeness (QED) is 0.864. The molecule has 1 saturated heterocycles. The number of nitrogens with zero attached hydrogens (tertiary/aromatic N) is 4. The molecule has 1 aromatic heterocycles. The van der Waals surface area contributed by atoms with Gasteiger partial charge in [-0.3, -0.25) is 9.97 Å². The number of halogens is 1. The summed E-state index contributed by atoms with van der Waals surface area (Å²) < 4.78 is 14.5. The van der Waals surface area contributed by atoms with Gasteiger partial charge in [0.25, 0.3) is 0 Å².